The van der Waals surface area contributed by atoms with E-state index < -0.39 is 17.7 Å². The molecule has 0 aliphatic carbocycles. The second-order valence-electron chi connectivity index (χ2n) is 7.89. The normalized spacial score (nSPS) is 10.8. The fraction of sp³-hybridized carbons (Fsp3) is 0.462. The molecule has 0 fully saturated rings. The molecule has 0 spiro atoms. The molecule has 0 aliphatic rings. The van der Waals surface area contributed by atoms with Crippen molar-refractivity contribution in [3.05, 3.63) is 47.5 Å². The predicted molar refractivity (Wildman–Crippen MR) is 161 cm³/mol. The maximum atomic E-state index is 12.6. The number of aromatic hydroxyl groups is 3. The molecule has 0 atom stereocenters. The van der Waals surface area contributed by atoms with Gasteiger partial charge in [0.25, 0.3) is 0 Å². The summed E-state index contributed by atoms with van der Waals surface area (Å²) in [6.07, 6.45) is -0.211. The molecule has 14 heteroatoms. The number of phenols is 3. The van der Waals surface area contributed by atoms with Crippen molar-refractivity contribution in [3.63, 3.8) is 0 Å². The molecule has 0 saturated carbocycles. The molecule has 2 aromatic rings. The maximum Gasteiger partial charge on any atom is 0.508 e. The number of carbonyl (C=O) groups is 2. The number of Topliss-reactive ketones (excluding diaryl/α,β-unsaturated/α-hetero) is 1. The van der Waals surface area contributed by atoms with Crippen molar-refractivity contribution in [2.75, 3.05) is 63.5 Å². The number of phenolic OH excluding ortho intramolecular Hbond substituents is 3. The Morgan fingerprint density at radius 2 is 1.38 bits per heavy atom. The van der Waals surface area contributed by atoms with Gasteiger partial charge in [-0.2, -0.15) is 0 Å². The third kappa shape index (κ3) is 14.0. The number of rotatable bonds is 21. The van der Waals surface area contributed by atoms with Gasteiger partial charge in [0.1, 0.15) is 36.9 Å². The molecule has 222 valence electrons. The van der Waals surface area contributed by atoms with Gasteiger partial charge in [-0.1, -0.05) is 44.5 Å². The first-order valence-electron chi connectivity index (χ1n) is 12.4. The predicted octanol–water partition coefficient (Wildman–Crippen LogP) is 5.14. The lowest BCUT2D eigenvalue weighted by Crippen LogP contribution is -2.12. The molecule has 0 saturated heterocycles. The maximum absolute atomic E-state index is 12.6. The van der Waals surface area contributed by atoms with Crippen molar-refractivity contribution in [1.29, 1.82) is 0 Å². The fourth-order valence-electron chi connectivity index (χ4n) is 3.10. The van der Waals surface area contributed by atoms with E-state index >= 15 is 0 Å². The Morgan fingerprint density at radius 1 is 0.750 bits per heavy atom. The summed E-state index contributed by atoms with van der Waals surface area (Å²) in [5.74, 6) is 1.09. The molecule has 3 N–H and O–H groups in total. The van der Waals surface area contributed by atoms with Crippen LogP contribution in [0.2, 0.25) is 0 Å². The lowest BCUT2D eigenvalue weighted by atomic mass is 10.0. The number of ether oxygens (including phenoxy) is 5. The van der Waals surface area contributed by atoms with Gasteiger partial charge in [-0.3, -0.25) is 4.79 Å². The molecule has 2 rings (SSSR count). The Bertz CT molecular complexity index is 1020. The minimum Gasteiger partial charge on any atom is -0.508 e. The summed E-state index contributed by atoms with van der Waals surface area (Å²) in [5, 5.41) is 30.0. The van der Waals surface area contributed by atoms with Crippen molar-refractivity contribution in [3.8, 4) is 23.0 Å². The highest BCUT2D eigenvalue weighted by Gasteiger charge is 2.20. The Labute approximate surface area is 250 Å². The lowest BCUT2D eigenvalue weighted by Gasteiger charge is -2.13. The zero-order valence-electron chi connectivity index (χ0n) is 21.8. The largest absolute Gasteiger partial charge is 0.508 e. The number of carbonyl (C=O) groups excluding carboxylic acids is 2. The average molecular weight is 635 g/mol. The van der Waals surface area contributed by atoms with Crippen molar-refractivity contribution in [2.24, 2.45) is 0 Å². The Balaban J connectivity index is 1.52. The molecular formula is C26H34O10S4. The van der Waals surface area contributed by atoms with Gasteiger partial charge in [0.15, 0.2) is 17.3 Å². The quantitative estimate of drug-likeness (QED) is 0.0474. The molecule has 0 amide bonds. The summed E-state index contributed by atoms with van der Waals surface area (Å²) in [6, 6.07) is 9.18. The molecule has 0 heterocycles. The van der Waals surface area contributed by atoms with E-state index in [1.54, 1.807) is 33.7 Å². The molecule has 0 aliphatic heterocycles. The van der Waals surface area contributed by atoms with Crippen LogP contribution in [0.25, 0.3) is 0 Å². The van der Waals surface area contributed by atoms with Crippen molar-refractivity contribution >= 4 is 56.0 Å². The summed E-state index contributed by atoms with van der Waals surface area (Å²) in [6.45, 7) is 2.26. The summed E-state index contributed by atoms with van der Waals surface area (Å²) in [4.78, 5) is 23.9. The molecular weight excluding hydrogens is 601 g/mol. The van der Waals surface area contributed by atoms with Gasteiger partial charge in [-0.05, 0) is 36.2 Å². The highest BCUT2D eigenvalue weighted by molar-refractivity contribution is 8.76. The summed E-state index contributed by atoms with van der Waals surface area (Å²) < 4.78 is 26.3. The van der Waals surface area contributed by atoms with Crippen molar-refractivity contribution in [1.82, 2.24) is 0 Å². The minimum absolute atomic E-state index is 0.0666. The molecule has 40 heavy (non-hydrogen) atoms. The summed E-state index contributed by atoms with van der Waals surface area (Å²) in [5.41, 5.74) is 0.661. The van der Waals surface area contributed by atoms with Crippen LogP contribution in [0.15, 0.2) is 36.4 Å². The SMILES string of the molecule is O=C(OCCSS)OCCSSCCOCCOCCOc1ccc(O)c(C(=O)CCc2ccc(O)cc2)c1O. The van der Waals surface area contributed by atoms with E-state index in [-0.39, 0.29) is 55.7 Å². The first-order chi connectivity index (χ1) is 19.4. The van der Waals surface area contributed by atoms with Gasteiger partial charge in [-0.15, -0.1) is 11.7 Å². The molecule has 0 aromatic heterocycles. The lowest BCUT2D eigenvalue weighted by molar-refractivity contribution is 0.0409. The minimum atomic E-state index is -0.667. The van der Waals surface area contributed by atoms with Crippen LogP contribution in [0.4, 0.5) is 4.79 Å². The van der Waals surface area contributed by atoms with Crippen LogP contribution in [-0.4, -0.2) is 90.8 Å². The van der Waals surface area contributed by atoms with Crippen molar-refractivity contribution in [2.45, 2.75) is 12.8 Å². The molecule has 2 aromatic carbocycles. The van der Waals surface area contributed by atoms with Gasteiger partial charge in [-0.25, -0.2) is 4.79 Å². The summed E-state index contributed by atoms with van der Waals surface area (Å²) >= 11 is 3.95. The van der Waals surface area contributed by atoms with Crippen LogP contribution in [0, 0.1) is 0 Å². The summed E-state index contributed by atoms with van der Waals surface area (Å²) in [7, 11) is 4.48. The van der Waals surface area contributed by atoms with Gasteiger partial charge in [0, 0.05) is 23.7 Å². The van der Waals surface area contributed by atoms with Crippen LogP contribution in [-0.2, 0) is 25.4 Å². The standard InChI is InChI=1S/C26H34O10S4/c27-20-4-1-19(2-5-20)3-6-21(28)24-22(29)7-8-23(25(24)30)34-12-11-32-9-10-33-13-17-39-40-18-15-36-26(31)35-14-16-38-37/h1-2,4-5,7-8,27,29-30,37H,3,6,9-18H2. The van der Waals surface area contributed by atoms with Crippen LogP contribution in [0.3, 0.4) is 0 Å². The highest BCUT2D eigenvalue weighted by atomic mass is 33.1. The Hall–Kier alpha value is -2.10. The van der Waals surface area contributed by atoms with Gasteiger partial charge >= 0.3 is 6.16 Å². The van der Waals surface area contributed by atoms with Crippen LogP contribution in [0.5, 0.6) is 23.0 Å². The van der Waals surface area contributed by atoms with E-state index in [1.165, 1.54) is 35.1 Å². The van der Waals surface area contributed by atoms with Crippen LogP contribution >= 0.6 is 44.0 Å². The smallest absolute Gasteiger partial charge is 0.508 e. The van der Waals surface area contributed by atoms with E-state index in [4.69, 9.17) is 23.7 Å². The highest BCUT2D eigenvalue weighted by Crippen LogP contribution is 2.37. The van der Waals surface area contributed by atoms with E-state index in [1.807, 2.05) is 0 Å². The zero-order valence-corrected chi connectivity index (χ0v) is 25.2. The number of hydrogen-bond donors (Lipinski definition) is 4. The second-order valence-corrected chi connectivity index (χ2v) is 12.0. The number of thiol groups is 1. The monoisotopic (exact) mass is 634 g/mol. The third-order valence-corrected chi connectivity index (χ3v) is 8.24. The van der Waals surface area contributed by atoms with Crippen molar-refractivity contribution < 1.29 is 48.6 Å². The van der Waals surface area contributed by atoms with Gasteiger partial charge in [0.05, 0.1) is 26.4 Å². The zero-order chi connectivity index (χ0) is 29.0. The number of ketones is 1. The van der Waals surface area contributed by atoms with Gasteiger partial charge in [0.2, 0.25) is 0 Å². The first-order valence-corrected chi connectivity index (χ1v) is 16.9. The number of hydrogen-bond acceptors (Lipinski definition) is 14. The first kappa shape index (κ1) is 34.1. The number of aryl methyl sites for hydroxylation is 1. The van der Waals surface area contributed by atoms with Gasteiger partial charge < -0.3 is 39.0 Å². The molecule has 10 nitrogen and oxygen atoms in total. The number of benzene rings is 2. The van der Waals surface area contributed by atoms with E-state index in [0.29, 0.717) is 37.7 Å². The van der Waals surface area contributed by atoms with E-state index in [0.717, 1.165) is 11.3 Å². The van der Waals surface area contributed by atoms with Crippen LogP contribution in [0.1, 0.15) is 22.3 Å². The van der Waals surface area contributed by atoms with Crippen LogP contribution < -0.4 is 4.74 Å². The average Bonchev–Trinajstić information content (AvgIpc) is 2.94. The van der Waals surface area contributed by atoms with E-state index in [9.17, 15) is 24.9 Å². The van der Waals surface area contributed by atoms with E-state index in [2.05, 4.69) is 11.7 Å². The second kappa shape index (κ2) is 20.7. The molecule has 0 radical (unpaired) electrons. The molecule has 0 unspecified atom stereocenters. The topological polar surface area (TPSA) is 141 Å². The molecule has 0 bridgehead atoms. The fourth-order valence-corrected chi connectivity index (χ4v) is 5.17. The Kier molecular flexibility index (Phi) is 17.7. The third-order valence-electron chi connectivity index (χ3n) is 5.01. The Morgan fingerprint density at radius 3 is 2.08 bits per heavy atom.